The summed E-state index contributed by atoms with van der Waals surface area (Å²) in [7, 11) is 0. The van der Waals surface area contributed by atoms with E-state index < -0.39 is 0 Å². The Morgan fingerprint density at radius 1 is 1.00 bits per heavy atom. The zero-order valence-electron chi connectivity index (χ0n) is 17.2. The molecule has 0 spiro atoms. The Morgan fingerprint density at radius 2 is 1.68 bits per heavy atom. The highest BCUT2D eigenvalue weighted by atomic mass is 79.9. The van der Waals surface area contributed by atoms with E-state index >= 15 is 0 Å². The quantitative estimate of drug-likeness (QED) is 0.181. The van der Waals surface area contributed by atoms with Crippen molar-refractivity contribution in [2.45, 2.75) is 24.9 Å². The van der Waals surface area contributed by atoms with Gasteiger partial charge in [-0.05, 0) is 35.7 Å². The Bertz CT molecular complexity index is 1330. The van der Waals surface area contributed by atoms with E-state index in [0.717, 1.165) is 15.7 Å². The van der Waals surface area contributed by atoms with Gasteiger partial charge in [0, 0.05) is 10.0 Å². The fourth-order valence-corrected chi connectivity index (χ4v) is 4.89. The van der Waals surface area contributed by atoms with E-state index in [2.05, 4.69) is 29.8 Å². The topological polar surface area (TPSA) is 52.0 Å². The van der Waals surface area contributed by atoms with Gasteiger partial charge in [0.05, 0.1) is 22.3 Å². The molecule has 0 fully saturated rings. The summed E-state index contributed by atoms with van der Waals surface area (Å²) in [6.07, 6.45) is 0. The molecule has 0 aliphatic rings. The van der Waals surface area contributed by atoms with E-state index in [1.165, 1.54) is 11.8 Å². The van der Waals surface area contributed by atoms with E-state index in [1.54, 1.807) is 16.7 Å². The van der Waals surface area contributed by atoms with Crippen molar-refractivity contribution in [2.24, 2.45) is 0 Å². The first kappa shape index (κ1) is 21.5. The molecule has 0 amide bonds. The van der Waals surface area contributed by atoms with Crippen molar-refractivity contribution >= 4 is 44.4 Å². The van der Waals surface area contributed by atoms with Gasteiger partial charge in [0.15, 0.2) is 10.9 Å². The van der Waals surface area contributed by atoms with Crippen LogP contribution in [0, 0.1) is 0 Å². The lowest BCUT2D eigenvalue weighted by Gasteiger charge is -2.18. The van der Waals surface area contributed by atoms with Crippen molar-refractivity contribution in [3.63, 3.8) is 0 Å². The molecule has 4 rings (SSSR count). The first-order valence-corrected chi connectivity index (χ1v) is 11.8. The van der Waals surface area contributed by atoms with Gasteiger partial charge in [-0.25, -0.2) is 4.98 Å². The number of ketones is 1. The van der Waals surface area contributed by atoms with Crippen molar-refractivity contribution in [2.75, 3.05) is 5.75 Å². The van der Waals surface area contributed by atoms with Crippen molar-refractivity contribution in [3.05, 3.63) is 98.7 Å². The number of carbonyl (C=O) groups is 1. The molecule has 3 aromatic carbocycles. The van der Waals surface area contributed by atoms with Crippen LogP contribution >= 0.6 is 27.7 Å². The molecule has 4 aromatic rings. The lowest BCUT2D eigenvalue weighted by Crippen LogP contribution is -2.23. The molecule has 0 aliphatic heterocycles. The van der Waals surface area contributed by atoms with Crippen LogP contribution < -0.4 is 5.56 Å². The number of Topliss-reactive ketones (excluding diaryl/α,β-unsaturated/α-hetero) is 1. The van der Waals surface area contributed by atoms with E-state index in [0.29, 0.717) is 21.6 Å². The number of para-hydroxylation sites is 2. The monoisotopic (exact) mass is 492 g/mol. The number of benzene rings is 3. The van der Waals surface area contributed by atoms with Gasteiger partial charge >= 0.3 is 0 Å². The number of halogens is 1. The van der Waals surface area contributed by atoms with Crippen LogP contribution in [0.3, 0.4) is 0 Å². The summed E-state index contributed by atoms with van der Waals surface area (Å²) < 4.78 is 2.41. The highest BCUT2D eigenvalue weighted by Gasteiger charge is 2.18. The van der Waals surface area contributed by atoms with Gasteiger partial charge in [-0.2, -0.15) is 0 Å². The molecule has 1 aromatic heterocycles. The molecule has 0 unspecified atom stereocenters. The molecular formula is C25H21BrN2O2S. The van der Waals surface area contributed by atoms with E-state index in [4.69, 9.17) is 4.98 Å². The summed E-state index contributed by atoms with van der Waals surface area (Å²) in [4.78, 5) is 31.1. The largest absolute Gasteiger partial charge is 0.293 e. The number of hydrogen-bond donors (Lipinski definition) is 0. The normalized spacial score (nSPS) is 11.2. The van der Waals surface area contributed by atoms with E-state index in [1.807, 2.05) is 60.7 Å². The highest BCUT2D eigenvalue weighted by Crippen LogP contribution is 2.28. The molecule has 4 nitrogen and oxygen atoms in total. The Hall–Kier alpha value is -2.70. The van der Waals surface area contributed by atoms with Crippen LogP contribution in [0.15, 0.2) is 87.2 Å². The molecule has 0 aliphatic carbocycles. The lowest BCUT2D eigenvalue weighted by molar-refractivity contribution is 0.102. The number of carbonyl (C=O) groups excluding carboxylic acids is 1. The second kappa shape index (κ2) is 9.20. The van der Waals surface area contributed by atoms with Gasteiger partial charge in [-0.15, -0.1) is 0 Å². The molecule has 0 atom stereocenters. The second-order valence-corrected chi connectivity index (χ2v) is 9.25. The zero-order chi connectivity index (χ0) is 22.0. The third kappa shape index (κ3) is 4.36. The van der Waals surface area contributed by atoms with Crippen molar-refractivity contribution in [1.82, 2.24) is 9.55 Å². The molecule has 1 heterocycles. The zero-order valence-corrected chi connectivity index (χ0v) is 19.6. The molecule has 0 N–H and O–H groups in total. The molecule has 0 bridgehead atoms. The smallest absolute Gasteiger partial charge is 0.266 e. The van der Waals surface area contributed by atoms with Crippen LogP contribution in [-0.2, 0) is 0 Å². The first-order chi connectivity index (χ1) is 15.0. The SMILES string of the molecule is CC(C)c1ccccc1-n1c(SCC(=O)c2ccccc2Br)nc2ccccc2c1=O. The predicted molar refractivity (Wildman–Crippen MR) is 131 cm³/mol. The number of hydrogen-bond acceptors (Lipinski definition) is 4. The number of aromatic nitrogens is 2. The average molecular weight is 493 g/mol. The van der Waals surface area contributed by atoms with E-state index in [9.17, 15) is 9.59 Å². The fourth-order valence-electron chi connectivity index (χ4n) is 3.50. The maximum atomic E-state index is 13.5. The summed E-state index contributed by atoms with van der Waals surface area (Å²) in [5, 5.41) is 1.07. The van der Waals surface area contributed by atoms with Gasteiger partial charge in [0.25, 0.3) is 5.56 Å². The number of thioether (sulfide) groups is 1. The van der Waals surface area contributed by atoms with Crippen LogP contribution in [0.1, 0.15) is 35.7 Å². The van der Waals surface area contributed by atoms with Crippen LogP contribution in [0.25, 0.3) is 16.6 Å². The van der Waals surface area contributed by atoms with Gasteiger partial charge in [-0.3, -0.25) is 14.2 Å². The summed E-state index contributed by atoms with van der Waals surface area (Å²) in [5.74, 6) is 0.384. The highest BCUT2D eigenvalue weighted by molar-refractivity contribution is 9.10. The Morgan fingerprint density at radius 3 is 2.45 bits per heavy atom. The number of nitrogens with zero attached hydrogens (tertiary/aromatic N) is 2. The van der Waals surface area contributed by atoms with Gasteiger partial charge in [-0.1, -0.05) is 90.1 Å². The third-order valence-electron chi connectivity index (χ3n) is 5.05. The maximum Gasteiger partial charge on any atom is 0.266 e. The third-order valence-corrected chi connectivity index (χ3v) is 6.68. The van der Waals surface area contributed by atoms with E-state index in [-0.39, 0.29) is 23.0 Å². The van der Waals surface area contributed by atoms with Crippen molar-refractivity contribution < 1.29 is 4.79 Å². The van der Waals surface area contributed by atoms with Crippen LogP contribution in [0.4, 0.5) is 0 Å². The Kier molecular flexibility index (Phi) is 6.39. The average Bonchev–Trinajstić information content (AvgIpc) is 2.78. The molecular weight excluding hydrogens is 472 g/mol. The number of rotatable bonds is 6. The lowest BCUT2D eigenvalue weighted by atomic mass is 10.0. The second-order valence-electron chi connectivity index (χ2n) is 7.46. The minimum atomic E-state index is -0.130. The Balaban J connectivity index is 1.83. The molecule has 31 heavy (non-hydrogen) atoms. The van der Waals surface area contributed by atoms with Crippen LogP contribution in [0.2, 0.25) is 0 Å². The van der Waals surface area contributed by atoms with Crippen LogP contribution in [-0.4, -0.2) is 21.1 Å². The molecule has 0 radical (unpaired) electrons. The summed E-state index contributed by atoms with van der Waals surface area (Å²) in [6, 6.07) is 22.5. The predicted octanol–water partition coefficient (Wildman–Crippen LogP) is 6.25. The van der Waals surface area contributed by atoms with Crippen molar-refractivity contribution in [3.8, 4) is 5.69 Å². The molecule has 0 saturated heterocycles. The molecule has 156 valence electrons. The first-order valence-electron chi connectivity index (χ1n) is 9.99. The number of fused-ring (bicyclic) bond motifs is 1. The minimum Gasteiger partial charge on any atom is -0.293 e. The van der Waals surface area contributed by atoms with Crippen LogP contribution in [0.5, 0.6) is 0 Å². The molecule has 0 saturated carbocycles. The summed E-state index contributed by atoms with van der Waals surface area (Å²) >= 11 is 4.73. The van der Waals surface area contributed by atoms with Gasteiger partial charge < -0.3 is 0 Å². The molecule has 6 heteroatoms. The van der Waals surface area contributed by atoms with Crippen molar-refractivity contribution in [1.29, 1.82) is 0 Å². The standard InChI is InChI=1S/C25H21BrN2O2S/c1-16(2)17-9-5-8-14-22(17)28-24(30)19-11-4-7-13-21(19)27-25(28)31-15-23(29)18-10-3-6-12-20(18)26/h3-14,16H,15H2,1-2H3. The minimum absolute atomic E-state index is 0.0245. The Labute approximate surface area is 193 Å². The summed E-state index contributed by atoms with van der Waals surface area (Å²) in [6.45, 7) is 4.20. The van der Waals surface area contributed by atoms with Gasteiger partial charge in [0.1, 0.15) is 0 Å². The summed E-state index contributed by atoms with van der Waals surface area (Å²) in [5.41, 5.74) is 2.97. The maximum absolute atomic E-state index is 13.5. The van der Waals surface area contributed by atoms with Gasteiger partial charge in [0.2, 0.25) is 0 Å². The fraction of sp³-hybridized carbons (Fsp3) is 0.160.